The van der Waals surface area contributed by atoms with Crippen molar-refractivity contribution in [1.82, 2.24) is 9.78 Å². The zero-order chi connectivity index (χ0) is 14.8. The van der Waals surface area contributed by atoms with Crippen LogP contribution in [0.2, 0.25) is 5.02 Å². The van der Waals surface area contributed by atoms with E-state index in [0.717, 1.165) is 17.0 Å². The van der Waals surface area contributed by atoms with Crippen molar-refractivity contribution in [2.45, 2.75) is 6.92 Å². The van der Waals surface area contributed by atoms with Gasteiger partial charge in [-0.2, -0.15) is 0 Å². The van der Waals surface area contributed by atoms with Crippen LogP contribution in [-0.2, 0) is 0 Å². The minimum Gasteiger partial charge on any atom is -0.437 e. The van der Waals surface area contributed by atoms with Crippen LogP contribution in [0.5, 0.6) is 11.6 Å². The maximum atomic E-state index is 5.88. The van der Waals surface area contributed by atoms with Crippen molar-refractivity contribution in [2.75, 3.05) is 5.73 Å². The van der Waals surface area contributed by atoms with Crippen molar-refractivity contribution in [1.29, 1.82) is 0 Å². The Morgan fingerprint density at radius 1 is 1.10 bits per heavy atom. The number of hydrogen-bond acceptors (Lipinski definition) is 3. The van der Waals surface area contributed by atoms with Gasteiger partial charge in [0.1, 0.15) is 5.75 Å². The van der Waals surface area contributed by atoms with Crippen molar-refractivity contribution in [3.63, 3.8) is 0 Å². The number of nitrogen functional groups attached to an aromatic ring is 1. The summed E-state index contributed by atoms with van der Waals surface area (Å²) in [6.07, 6.45) is 1.84. The Bertz CT molecular complexity index is 765. The second kappa shape index (κ2) is 5.50. The molecular formula is C16H14ClN3O. The van der Waals surface area contributed by atoms with E-state index in [9.17, 15) is 0 Å². The van der Waals surface area contributed by atoms with E-state index < -0.39 is 0 Å². The minimum absolute atomic E-state index is 0.526. The van der Waals surface area contributed by atoms with Gasteiger partial charge in [0, 0.05) is 23.0 Å². The lowest BCUT2D eigenvalue weighted by molar-refractivity contribution is 0.454. The van der Waals surface area contributed by atoms with Crippen molar-refractivity contribution >= 4 is 17.3 Å². The molecule has 2 N–H and O–H groups in total. The van der Waals surface area contributed by atoms with Crippen LogP contribution in [0.4, 0.5) is 5.69 Å². The molecule has 5 heteroatoms. The summed E-state index contributed by atoms with van der Waals surface area (Å²) in [6, 6.07) is 14.8. The van der Waals surface area contributed by atoms with Crippen LogP contribution in [0, 0.1) is 6.92 Å². The van der Waals surface area contributed by atoms with E-state index >= 15 is 0 Å². The predicted molar refractivity (Wildman–Crippen MR) is 84.2 cm³/mol. The quantitative estimate of drug-likeness (QED) is 0.737. The Hall–Kier alpha value is -2.46. The van der Waals surface area contributed by atoms with Crippen LogP contribution in [-0.4, -0.2) is 9.78 Å². The first-order chi connectivity index (χ1) is 10.1. The number of aryl methyl sites for hydroxylation is 1. The van der Waals surface area contributed by atoms with Crippen LogP contribution in [0.1, 0.15) is 5.56 Å². The molecular weight excluding hydrogens is 286 g/mol. The molecule has 106 valence electrons. The zero-order valence-corrected chi connectivity index (χ0v) is 12.2. The highest BCUT2D eigenvalue weighted by molar-refractivity contribution is 6.30. The standard InChI is InChI=1S/C16H14ClN3O/c1-11-10-13(18)4-7-15(11)21-16-8-9-20(19-16)14-5-2-12(17)3-6-14/h2-10H,18H2,1H3. The molecule has 0 saturated carbocycles. The van der Waals surface area contributed by atoms with Gasteiger partial charge in [0.15, 0.2) is 0 Å². The number of hydrogen-bond donors (Lipinski definition) is 1. The van der Waals surface area contributed by atoms with E-state index in [1.165, 1.54) is 0 Å². The predicted octanol–water partition coefficient (Wildman–Crippen LogP) is 4.21. The second-order valence-electron chi connectivity index (χ2n) is 4.70. The molecule has 0 amide bonds. The number of aromatic nitrogens is 2. The summed E-state index contributed by atoms with van der Waals surface area (Å²) in [5.41, 5.74) is 8.33. The van der Waals surface area contributed by atoms with Gasteiger partial charge in [-0.25, -0.2) is 4.68 Å². The first kappa shape index (κ1) is 13.5. The van der Waals surface area contributed by atoms with Gasteiger partial charge in [0.2, 0.25) is 5.88 Å². The van der Waals surface area contributed by atoms with Gasteiger partial charge in [-0.1, -0.05) is 11.6 Å². The zero-order valence-electron chi connectivity index (χ0n) is 11.5. The molecule has 3 rings (SSSR count). The molecule has 21 heavy (non-hydrogen) atoms. The van der Waals surface area contributed by atoms with E-state index in [1.54, 1.807) is 10.7 Å². The molecule has 0 unspecified atom stereocenters. The highest BCUT2D eigenvalue weighted by Crippen LogP contribution is 2.25. The molecule has 0 spiro atoms. The summed E-state index contributed by atoms with van der Waals surface area (Å²) in [5.74, 6) is 1.27. The molecule has 2 aromatic carbocycles. The number of rotatable bonds is 3. The average molecular weight is 300 g/mol. The van der Waals surface area contributed by atoms with Crippen molar-refractivity contribution in [3.05, 3.63) is 65.3 Å². The van der Waals surface area contributed by atoms with Gasteiger partial charge < -0.3 is 10.5 Å². The molecule has 3 aromatic rings. The van der Waals surface area contributed by atoms with Crippen LogP contribution < -0.4 is 10.5 Å². The summed E-state index contributed by atoms with van der Waals surface area (Å²) < 4.78 is 7.51. The van der Waals surface area contributed by atoms with Crippen molar-refractivity contribution < 1.29 is 4.74 Å². The fourth-order valence-electron chi connectivity index (χ4n) is 2.00. The highest BCUT2D eigenvalue weighted by Gasteiger charge is 2.06. The third kappa shape index (κ3) is 3.01. The first-order valence-corrected chi connectivity index (χ1v) is 6.85. The van der Waals surface area contributed by atoms with Gasteiger partial charge in [-0.3, -0.25) is 0 Å². The largest absolute Gasteiger partial charge is 0.437 e. The molecule has 0 aliphatic heterocycles. The summed E-state index contributed by atoms with van der Waals surface area (Å²) >= 11 is 5.88. The Morgan fingerprint density at radius 3 is 2.57 bits per heavy atom. The maximum absolute atomic E-state index is 5.88. The molecule has 1 heterocycles. The molecule has 4 nitrogen and oxygen atoms in total. The SMILES string of the molecule is Cc1cc(N)ccc1Oc1ccn(-c2ccc(Cl)cc2)n1. The van der Waals surface area contributed by atoms with Gasteiger partial charge in [0.05, 0.1) is 5.69 Å². The molecule has 0 radical (unpaired) electrons. The fraction of sp³-hybridized carbons (Fsp3) is 0.0625. The maximum Gasteiger partial charge on any atom is 0.238 e. The number of halogens is 1. The average Bonchev–Trinajstić information content (AvgIpc) is 2.91. The molecule has 0 saturated heterocycles. The Kier molecular flexibility index (Phi) is 3.54. The number of nitrogens with two attached hydrogens (primary N) is 1. The van der Waals surface area contributed by atoms with E-state index in [1.807, 2.05) is 55.6 Å². The second-order valence-corrected chi connectivity index (χ2v) is 5.14. The Morgan fingerprint density at radius 2 is 1.86 bits per heavy atom. The third-order valence-electron chi connectivity index (χ3n) is 3.07. The smallest absolute Gasteiger partial charge is 0.238 e. The van der Waals surface area contributed by atoms with Crippen LogP contribution in [0.3, 0.4) is 0 Å². The number of anilines is 1. The highest BCUT2D eigenvalue weighted by atomic mass is 35.5. The fourth-order valence-corrected chi connectivity index (χ4v) is 2.13. The number of benzene rings is 2. The van der Waals surface area contributed by atoms with E-state index in [4.69, 9.17) is 22.1 Å². The van der Waals surface area contributed by atoms with Crippen LogP contribution >= 0.6 is 11.6 Å². The topological polar surface area (TPSA) is 53.1 Å². The lowest BCUT2D eigenvalue weighted by Crippen LogP contribution is -1.95. The molecule has 0 bridgehead atoms. The Labute approximate surface area is 127 Å². The molecule has 0 aliphatic carbocycles. The molecule has 0 aliphatic rings. The summed E-state index contributed by atoms with van der Waals surface area (Å²) in [4.78, 5) is 0. The summed E-state index contributed by atoms with van der Waals surface area (Å²) in [5, 5.41) is 5.08. The number of nitrogens with zero attached hydrogens (tertiary/aromatic N) is 2. The van der Waals surface area contributed by atoms with E-state index in [2.05, 4.69) is 5.10 Å². The normalized spacial score (nSPS) is 10.6. The lowest BCUT2D eigenvalue weighted by Gasteiger charge is -2.06. The summed E-state index contributed by atoms with van der Waals surface area (Å²) in [7, 11) is 0. The van der Waals surface area contributed by atoms with Gasteiger partial charge >= 0.3 is 0 Å². The van der Waals surface area contributed by atoms with E-state index in [0.29, 0.717) is 16.6 Å². The van der Waals surface area contributed by atoms with E-state index in [-0.39, 0.29) is 0 Å². The van der Waals surface area contributed by atoms with Gasteiger partial charge in [0.25, 0.3) is 0 Å². The molecule has 1 aromatic heterocycles. The number of ether oxygens (including phenoxy) is 1. The third-order valence-corrected chi connectivity index (χ3v) is 3.32. The van der Waals surface area contributed by atoms with Crippen molar-refractivity contribution in [3.8, 4) is 17.3 Å². The van der Waals surface area contributed by atoms with Crippen LogP contribution in [0.15, 0.2) is 54.7 Å². The van der Waals surface area contributed by atoms with Crippen molar-refractivity contribution in [2.24, 2.45) is 0 Å². The van der Waals surface area contributed by atoms with Crippen LogP contribution in [0.25, 0.3) is 5.69 Å². The van der Waals surface area contributed by atoms with Gasteiger partial charge in [-0.05, 0) is 55.0 Å². The molecule has 0 fully saturated rings. The summed E-state index contributed by atoms with van der Waals surface area (Å²) in [6.45, 7) is 1.95. The minimum atomic E-state index is 0.526. The lowest BCUT2D eigenvalue weighted by atomic mass is 10.2. The van der Waals surface area contributed by atoms with Gasteiger partial charge in [-0.15, -0.1) is 5.10 Å². The monoisotopic (exact) mass is 299 g/mol. The molecule has 0 atom stereocenters. The first-order valence-electron chi connectivity index (χ1n) is 6.47. The Balaban J connectivity index is 1.83.